The molecule has 0 radical (unpaired) electrons. The molecule has 2 N–H and O–H groups in total. The van der Waals surface area contributed by atoms with E-state index in [1.807, 2.05) is 0 Å². The molecule has 1 heterocycles. The first-order valence-electron chi connectivity index (χ1n) is 5.32. The maximum atomic E-state index is 5.90. The highest BCUT2D eigenvalue weighted by atomic mass is 15.3. The van der Waals surface area contributed by atoms with Crippen molar-refractivity contribution in [1.82, 2.24) is 14.8 Å². The zero-order valence-corrected chi connectivity index (χ0v) is 8.69. The van der Waals surface area contributed by atoms with E-state index in [-0.39, 0.29) is 5.54 Å². The lowest BCUT2D eigenvalue weighted by Gasteiger charge is -2.39. The van der Waals surface area contributed by atoms with Gasteiger partial charge in [0.15, 0.2) is 0 Å². The Morgan fingerprint density at radius 1 is 1.36 bits per heavy atom. The van der Waals surface area contributed by atoms with E-state index in [9.17, 15) is 0 Å². The lowest BCUT2D eigenvalue weighted by molar-refractivity contribution is 0.168. The van der Waals surface area contributed by atoms with Gasteiger partial charge in [0.25, 0.3) is 0 Å². The van der Waals surface area contributed by atoms with Crippen LogP contribution in [0.15, 0.2) is 12.7 Å². The Kier molecular flexibility index (Phi) is 2.54. The number of nitrogens with zero attached hydrogens (tertiary/aromatic N) is 3. The smallest absolute Gasteiger partial charge is 0.119 e. The van der Waals surface area contributed by atoms with Crippen molar-refractivity contribution in [2.24, 2.45) is 11.7 Å². The summed E-state index contributed by atoms with van der Waals surface area (Å²) in [5.41, 5.74) is 5.99. The molecule has 4 heteroatoms. The summed E-state index contributed by atoms with van der Waals surface area (Å²) in [6.07, 6.45) is 8.42. The second-order valence-electron chi connectivity index (χ2n) is 4.48. The lowest BCUT2D eigenvalue weighted by atomic mass is 9.77. The van der Waals surface area contributed by atoms with Crippen LogP contribution in [-0.2, 0) is 5.54 Å². The Bertz CT molecular complexity index is 272. The molecule has 0 amide bonds. The fourth-order valence-electron chi connectivity index (χ4n) is 2.31. The van der Waals surface area contributed by atoms with Crippen LogP contribution in [0.1, 0.15) is 32.6 Å². The molecule has 14 heavy (non-hydrogen) atoms. The van der Waals surface area contributed by atoms with E-state index in [4.69, 9.17) is 5.73 Å². The van der Waals surface area contributed by atoms with Crippen molar-refractivity contribution >= 4 is 0 Å². The van der Waals surface area contributed by atoms with Gasteiger partial charge >= 0.3 is 0 Å². The van der Waals surface area contributed by atoms with Gasteiger partial charge in [-0.2, -0.15) is 0 Å². The second kappa shape index (κ2) is 3.69. The molecule has 1 aromatic heterocycles. The average Bonchev–Trinajstić information content (AvgIpc) is 2.73. The van der Waals surface area contributed by atoms with Crippen molar-refractivity contribution in [1.29, 1.82) is 0 Å². The van der Waals surface area contributed by atoms with E-state index in [1.54, 1.807) is 12.7 Å². The molecule has 1 saturated carbocycles. The van der Waals surface area contributed by atoms with Crippen molar-refractivity contribution in [2.45, 2.75) is 38.1 Å². The van der Waals surface area contributed by atoms with E-state index in [0.717, 1.165) is 18.8 Å². The normalized spacial score (nSPS) is 33.1. The molecule has 1 aromatic rings. The minimum Gasteiger partial charge on any atom is -0.328 e. The van der Waals surface area contributed by atoms with Gasteiger partial charge < -0.3 is 10.3 Å². The Hall–Kier alpha value is -0.900. The van der Waals surface area contributed by atoms with Crippen LogP contribution in [0.25, 0.3) is 0 Å². The van der Waals surface area contributed by atoms with Crippen molar-refractivity contribution < 1.29 is 0 Å². The van der Waals surface area contributed by atoms with Crippen LogP contribution in [-0.4, -0.2) is 21.3 Å². The van der Waals surface area contributed by atoms with Gasteiger partial charge in [-0.1, -0.05) is 6.92 Å². The summed E-state index contributed by atoms with van der Waals surface area (Å²) in [6.45, 7) is 3.00. The maximum Gasteiger partial charge on any atom is 0.119 e. The molecule has 1 fully saturated rings. The highest BCUT2D eigenvalue weighted by Gasteiger charge is 2.34. The molecule has 0 bridgehead atoms. The molecular weight excluding hydrogens is 176 g/mol. The van der Waals surface area contributed by atoms with Crippen LogP contribution < -0.4 is 5.73 Å². The predicted molar refractivity (Wildman–Crippen MR) is 54.7 cm³/mol. The number of nitrogens with two attached hydrogens (primary N) is 1. The third kappa shape index (κ3) is 1.54. The van der Waals surface area contributed by atoms with Gasteiger partial charge in [-0.3, -0.25) is 0 Å². The third-order valence-corrected chi connectivity index (χ3v) is 3.55. The topological polar surface area (TPSA) is 56.7 Å². The van der Waals surface area contributed by atoms with Crippen LogP contribution in [0.5, 0.6) is 0 Å². The van der Waals surface area contributed by atoms with E-state index < -0.39 is 0 Å². The largest absolute Gasteiger partial charge is 0.328 e. The highest BCUT2D eigenvalue weighted by Crippen LogP contribution is 2.36. The number of hydrogen-bond acceptors (Lipinski definition) is 3. The Labute approximate surface area is 84.5 Å². The minimum atomic E-state index is 0.0933. The lowest BCUT2D eigenvalue weighted by Crippen LogP contribution is -2.43. The Morgan fingerprint density at radius 2 is 1.93 bits per heavy atom. The first-order valence-corrected chi connectivity index (χ1v) is 5.32. The van der Waals surface area contributed by atoms with Crippen LogP contribution in [0.2, 0.25) is 0 Å². The fraction of sp³-hybridized carbons (Fsp3) is 0.800. The maximum absolute atomic E-state index is 5.90. The Balaban J connectivity index is 2.19. The molecule has 0 aromatic carbocycles. The van der Waals surface area contributed by atoms with Crippen molar-refractivity contribution in [2.75, 3.05) is 6.54 Å². The molecule has 0 spiro atoms. The summed E-state index contributed by atoms with van der Waals surface area (Å²) in [6, 6.07) is 0. The first kappa shape index (κ1) is 9.65. The summed E-state index contributed by atoms with van der Waals surface area (Å²) in [7, 11) is 0. The predicted octanol–water partition coefficient (Wildman–Crippen LogP) is 1.14. The van der Waals surface area contributed by atoms with Gasteiger partial charge in [0.1, 0.15) is 12.7 Å². The fourth-order valence-corrected chi connectivity index (χ4v) is 2.31. The van der Waals surface area contributed by atoms with Gasteiger partial charge in [0.05, 0.1) is 5.54 Å². The van der Waals surface area contributed by atoms with Crippen molar-refractivity contribution in [3.8, 4) is 0 Å². The van der Waals surface area contributed by atoms with Gasteiger partial charge in [-0.15, -0.1) is 10.2 Å². The van der Waals surface area contributed by atoms with E-state index in [1.165, 1.54) is 12.8 Å². The van der Waals surface area contributed by atoms with Crippen molar-refractivity contribution in [3.05, 3.63) is 12.7 Å². The molecule has 1 aliphatic carbocycles. The first-order chi connectivity index (χ1) is 6.77. The van der Waals surface area contributed by atoms with Gasteiger partial charge in [0.2, 0.25) is 0 Å². The van der Waals surface area contributed by atoms with E-state index in [0.29, 0.717) is 6.54 Å². The second-order valence-corrected chi connectivity index (χ2v) is 4.48. The standard InChI is InChI=1S/C10H18N4/c1-9-2-4-10(6-11,5-3-9)14-7-12-13-8-14/h7-9H,2-6,11H2,1H3. The molecule has 78 valence electrons. The molecule has 1 aliphatic rings. The summed E-state index contributed by atoms with van der Waals surface area (Å²) in [5.74, 6) is 0.839. The number of hydrogen-bond donors (Lipinski definition) is 1. The van der Waals surface area contributed by atoms with E-state index in [2.05, 4.69) is 21.7 Å². The molecule has 4 nitrogen and oxygen atoms in total. The van der Waals surface area contributed by atoms with Crippen molar-refractivity contribution in [3.63, 3.8) is 0 Å². The number of aromatic nitrogens is 3. The van der Waals surface area contributed by atoms with Gasteiger partial charge in [-0.25, -0.2) is 0 Å². The summed E-state index contributed by atoms with van der Waals surface area (Å²) < 4.78 is 2.10. The van der Waals surface area contributed by atoms with Crippen LogP contribution in [0.4, 0.5) is 0 Å². The summed E-state index contributed by atoms with van der Waals surface area (Å²) in [4.78, 5) is 0. The number of rotatable bonds is 2. The van der Waals surface area contributed by atoms with Crippen LogP contribution >= 0.6 is 0 Å². The minimum absolute atomic E-state index is 0.0933. The molecule has 0 saturated heterocycles. The third-order valence-electron chi connectivity index (χ3n) is 3.55. The van der Waals surface area contributed by atoms with E-state index >= 15 is 0 Å². The van der Waals surface area contributed by atoms with Gasteiger partial charge in [-0.05, 0) is 31.6 Å². The molecule has 0 unspecified atom stereocenters. The average molecular weight is 194 g/mol. The molecule has 0 atom stereocenters. The van der Waals surface area contributed by atoms with Crippen LogP contribution in [0, 0.1) is 5.92 Å². The molecule has 0 aliphatic heterocycles. The molecular formula is C10H18N4. The van der Waals surface area contributed by atoms with Crippen LogP contribution in [0.3, 0.4) is 0 Å². The Morgan fingerprint density at radius 3 is 2.43 bits per heavy atom. The zero-order chi connectivity index (χ0) is 10.0. The highest BCUT2D eigenvalue weighted by molar-refractivity contribution is 4.92. The monoisotopic (exact) mass is 194 g/mol. The SMILES string of the molecule is CC1CCC(CN)(n2cnnc2)CC1. The van der Waals surface area contributed by atoms with Gasteiger partial charge in [0, 0.05) is 6.54 Å². The quantitative estimate of drug-likeness (QED) is 0.768. The molecule has 2 rings (SSSR count). The zero-order valence-electron chi connectivity index (χ0n) is 8.69. The summed E-state index contributed by atoms with van der Waals surface area (Å²) >= 11 is 0. The summed E-state index contributed by atoms with van der Waals surface area (Å²) in [5, 5.41) is 7.73.